The van der Waals surface area contributed by atoms with E-state index in [1.54, 1.807) is 30.3 Å². The summed E-state index contributed by atoms with van der Waals surface area (Å²) in [6.45, 7) is 3.51. The molecule has 0 saturated carbocycles. The van der Waals surface area contributed by atoms with Crippen molar-refractivity contribution in [3.8, 4) is 0 Å². The van der Waals surface area contributed by atoms with Gasteiger partial charge >= 0.3 is 0 Å². The highest BCUT2D eigenvalue weighted by Crippen LogP contribution is 2.15. The zero-order valence-corrected chi connectivity index (χ0v) is 11.4. The lowest BCUT2D eigenvalue weighted by atomic mass is 10.2. The average molecular weight is 277 g/mol. The van der Waals surface area contributed by atoms with E-state index in [4.69, 9.17) is 10.5 Å². The zero-order chi connectivity index (χ0) is 15.0. The molecular weight excluding hydrogens is 258 g/mol. The van der Waals surface area contributed by atoms with Crippen LogP contribution in [0.4, 0.5) is 11.4 Å². The number of anilines is 2. The second-order valence-corrected chi connectivity index (χ2v) is 4.18. The molecule has 0 aliphatic carbocycles. The minimum absolute atomic E-state index is 0.0270. The molecule has 1 aromatic carbocycles. The monoisotopic (exact) mass is 277 g/mol. The Morgan fingerprint density at radius 3 is 2.65 bits per heavy atom. The maximum atomic E-state index is 11.7. The molecule has 1 rings (SSSR count). The SMILES string of the molecule is C=CCC(N)C(=O)Nc1cccc(NC(=O)COC)c1. The fourth-order valence-corrected chi connectivity index (χ4v) is 1.52. The number of nitrogens with one attached hydrogen (secondary N) is 2. The molecule has 0 radical (unpaired) electrons. The van der Waals surface area contributed by atoms with Gasteiger partial charge in [0.1, 0.15) is 6.61 Å². The Kier molecular flexibility index (Phi) is 6.42. The first-order chi connectivity index (χ1) is 9.56. The molecule has 108 valence electrons. The van der Waals surface area contributed by atoms with Crippen LogP contribution >= 0.6 is 0 Å². The van der Waals surface area contributed by atoms with Crippen LogP contribution in [0.5, 0.6) is 0 Å². The predicted molar refractivity (Wildman–Crippen MR) is 78.4 cm³/mol. The van der Waals surface area contributed by atoms with Crippen LogP contribution in [0.1, 0.15) is 6.42 Å². The topological polar surface area (TPSA) is 93.5 Å². The standard InChI is InChI=1S/C14H19N3O3/c1-3-5-12(15)14(19)17-11-7-4-6-10(8-11)16-13(18)9-20-2/h3-4,6-8,12H,1,5,9,15H2,2H3,(H,16,18)(H,17,19). The molecule has 2 amide bonds. The van der Waals surface area contributed by atoms with Crippen LogP contribution < -0.4 is 16.4 Å². The van der Waals surface area contributed by atoms with Crippen molar-refractivity contribution in [3.63, 3.8) is 0 Å². The number of nitrogens with two attached hydrogens (primary N) is 1. The number of amides is 2. The second-order valence-electron chi connectivity index (χ2n) is 4.18. The second kappa shape index (κ2) is 8.08. The summed E-state index contributed by atoms with van der Waals surface area (Å²) >= 11 is 0. The summed E-state index contributed by atoms with van der Waals surface area (Å²) in [4.78, 5) is 23.1. The van der Waals surface area contributed by atoms with Gasteiger partial charge in [-0.2, -0.15) is 0 Å². The first kappa shape index (κ1) is 15.9. The summed E-state index contributed by atoms with van der Waals surface area (Å²) in [5.74, 6) is -0.565. The lowest BCUT2D eigenvalue weighted by Crippen LogP contribution is -2.35. The van der Waals surface area contributed by atoms with Gasteiger partial charge in [-0.3, -0.25) is 9.59 Å². The Morgan fingerprint density at radius 1 is 1.40 bits per heavy atom. The van der Waals surface area contributed by atoms with E-state index in [1.807, 2.05) is 0 Å². The molecule has 4 N–H and O–H groups in total. The van der Waals surface area contributed by atoms with Crippen molar-refractivity contribution in [3.05, 3.63) is 36.9 Å². The lowest BCUT2D eigenvalue weighted by Gasteiger charge is -2.11. The molecule has 1 atom stereocenters. The Morgan fingerprint density at radius 2 is 2.05 bits per heavy atom. The molecule has 1 aromatic rings. The molecule has 0 aliphatic rings. The van der Waals surface area contributed by atoms with Gasteiger partial charge in [-0.15, -0.1) is 6.58 Å². The average Bonchev–Trinajstić information content (AvgIpc) is 2.39. The van der Waals surface area contributed by atoms with Crippen LogP contribution in [-0.4, -0.2) is 31.6 Å². The highest BCUT2D eigenvalue weighted by molar-refractivity contribution is 5.96. The molecule has 0 saturated heterocycles. The number of benzene rings is 1. The van der Waals surface area contributed by atoms with Crippen molar-refractivity contribution >= 4 is 23.2 Å². The quantitative estimate of drug-likeness (QED) is 0.651. The zero-order valence-electron chi connectivity index (χ0n) is 11.4. The smallest absolute Gasteiger partial charge is 0.250 e. The fourth-order valence-electron chi connectivity index (χ4n) is 1.52. The molecule has 0 fully saturated rings. The van der Waals surface area contributed by atoms with Crippen molar-refractivity contribution in [1.82, 2.24) is 0 Å². The number of hydrogen-bond acceptors (Lipinski definition) is 4. The van der Waals surface area contributed by atoms with Gasteiger partial charge in [0, 0.05) is 18.5 Å². The van der Waals surface area contributed by atoms with E-state index in [9.17, 15) is 9.59 Å². The first-order valence-corrected chi connectivity index (χ1v) is 6.13. The molecule has 6 nitrogen and oxygen atoms in total. The van der Waals surface area contributed by atoms with Crippen molar-refractivity contribution in [1.29, 1.82) is 0 Å². The largest absolute Gasteiger partial charge is 0.375 e. The van der Waals surface area contributed by atoms with Crippen LogP contribution in [-0.2, 0) is 14.3 Å². The molecule has 0 spiro atoms. The van der Waals surface area contributed by atoms with Gasteiger partial charge in [-0.25, -0.2) is 0 Å². The van der Waals surface area contributed by atoms with Crippen LogP contribution in [0.3, 0.4) is 0 Å². The molecule has 0 aliphatic heterocycles. The van der Waals surface area contributed by atoms with Crippen LogP contribution in [0.15, 0.2) is 36.9 Å². The van der Waals surface area contributed by atoms with Gasteiger partial charge < -0.3 is 21.1 Å². The van der Waals surface area contributed by atoms with Gasteiger partial charge in [0.15, 0.2) is 0 Å². The third kappa shape index (κ3) is 5.21. The van der Waals surface area contributed by atoms with E-state index in [-0.39, 0.29) is 18.4 Å². The third-order valence-electron chi connectivity index (χ3n) is 2.45. The fraction of sp³-hybridized carbons (Fsp3) is 0.286. The van der Waals surface area contributed by atoms with Gasteiger partial charge in [0.2, 0.25) is 11.8 Å². The van der Waals surface area contributed by atoms with Gasteiger partial charge in [0.25, 0.3) is 0 Å². The minimum Gasteiger partial charge on any atom is -0.375 e. The summed E-state index contributed by atoms with van der Waals surface area (Å²) in [6.07, 6.45) is 1.99. The van der Waals surface area contributed by atoms with Crippen molar-refractivity contribution < 1.29 is 14.3 Å². The normalized spacial score (nSPS) is 11.5. The van der Waals surface area contributed by atoms with Gasteiger partial charge in [0.05, 0.1) is 6.04 Å². The highest BCUT2D eigenvalue weighted by atomic mass is 16.5. The van der Waals surface area contributed by atoms with E-state index in [0.717, 1.165) is 0 Å². The Bertz CT molecular complexity index is 488. The Balaban J connectivity index is 2.66. The molecule has 1 unspecified atom stereocenters. The number of carbonyl (C=O) groups is 2. The van der Waals surface area contributed by atoms with Crippen LogP contribution in [0.25, 0.3) is 0 Å². The lowest BCUT2D eigenvalue weighted by molar-refractivity contribution is -0.119. The number of hydrogen-bond donors (Lipinski definition) is 3. The predicted octanol–water partition coefficient (Wildman–Crippen LogP) is 1.11. The Hall–Kier alpha value is -2.18. The van der Waals surface area contributed by atoms with E-state index < -0.39 is 6.04 Å². The molecule has 0 heterocycles. The summed E-state index contributed by atoms with van der Waals surface area (Å²) in [6, 6.07) is 6.15. The molecule has 20 heavy (non-hydrogen) atoms. The number of ether oxygens (including phenoxy) is 1. The van der Waals surface area contributed by atoms with Gasteiger partial charge in [-0.1, -0.05) is 12.1 Å². The highest BCUT2D eigenvalue weighted by Gasteiger charge is 2.12. The van der Waals surface area contributed by atoms with E-state index in [0.29, 0.717) is 17.8 Å². The van der Waals surface area contributed by atoms with Crippen molar-refractivity contribution in [2.24, 2.45) is 5.73 Å². The van der Waals surface area contributed by atoms with Crippen molar-refractivity contribution in [2.45, 2.75) is 12.5 Å². The van der Waals surface area contributed by atoms with Crippen molar-refractivity contribution in [2.75, 3.05) is 24.4 Å². The van der Waals surface area contributed by atoms with Gasteiger partial charge in [-0.05, 0) is 24.6 Å². The molecule has 0 aromatic heterocycles. The first-order valence-electron chi connectivity index (χ1n) is 6.13. The van der Waals surface area contributed by atoms with Crippen LogP contribution in [0.2, 0.25) is 0 Å². The summed E-state index contributed by atoms with van der Waals surface area (Å²) in [5.41, 5.74) is 6.80. The summed E-state index contributed by atoms with van der Waals surface area (Å²) < 4.78 is 4.72. The Labute approximate surface area is 118 Å². The third-order valence-corrected chi connectivity index (χ3v) is 2.45. The maximum absolute atomic E-state index is 11.7. The minimum atomic E-state index is -0.640. The maximum Gasteiger partial charge on any atom is 0.250 e. The molecule has 6 heteroatoms. The van der Waals surface area contributed by atoms with E-state index in [1.165, 1.54) is 7.11 Å². The summed E-state index contributed by atoms with van der Waals surface area (Å²) in [7, 11) is 1.44. The molecular formula is C14H19N3O3. The number of rotatable bonds is 7. The molecule has 0 bridgehead atoms. The van der Waals surface area contributed by atoms with Crippen LogP contribution in [0, 0.1) is 0 Å². The van der Waals surface area contributed by atoms with E-state index in [2.05, 4.69) is 17.2 Å². The summed E-state index contributed by atoms with van der Waals surface area (Å²) in [5, 5.41) is 5.33. The number of carbonyl (C=O) groups excluding carboxylic acids is 2. The van der Waals surface area contributed by atoms with E-state index >= 15 is 0 Å². The number of methoxy groups -OCH3 is 1.